The summed E-state index contributed by atoms with van der Waals surface area (Å²) in [5, 5.41) is -0.251. The Morgan fingerprint density at radius 3 is 2.41 bits per heavy atom. The van der Waals surface area contributed by atoms with Gasteiger partial charge in [-0.15, -0.1) is 0 Å². The molecule has 0 heterocycles. The Bertz CT molecular complexity index is 424. The summed E-state index contributed by atoms with van der Waals surface area (Å²) in [7, 11) is 0. The summed E-state index contributed by atoms with van der Waals surface area (Å²) in [5.41, 5.74) is 5.54. The van der Waals surface area contributed by atoms with Crippen LogP contribution >= 0.6 is 11.6 Å². The van der Waals surface area contributed by atoms with Crippen molar-refractivity contribution >= 4 is 11.6 Å². The zero-order chi connectivity index (χ0) is 12.7. The minimum atomic E-state index is -4.40. The lowest BCUT2D eigenvalue weighted by Gasteiger charge is -2.15. The second-order valence-electron chi connectivity index (χ2n) is 4.69. The van der Waals surface area contributed by atoms with Gasteiger partial charge >= 0.3 is 6.18 Å². The van der Waals surface area contributed by atoms with Gasteiger partial charge in [0.25, 0.3) is 0 Å². The van der Waals surface area contributed by atoms with Crippen LogP contribution in [0, 0.1) is 5.41 Å². The molecule has 0 bridgehead atoms. The summed E-state index contributed by atoms with van der Waals surface area (Å²) in [5.74, 6) is 0. The Hall–Kier alpha value is -0.740. The largest absolute Gasteiger partial charge is 0.417 e. The summed E-state index contributed by atoms with van der Waals surface area (Å²) in [6, 6.07) is 4.09. The molecule has 1 saturated carbocycles. The second-order valence-corrected chi connectivity index (χ2v) is 5.10. The zero-order valence-corrected chi connectivity index (χ0v) is 9.91. The summed E-state index contributed by atoms with van der Waals surface area (Å²) in [4.78, 5) is 0. The van der Waals surface area contributed by atoms with E-state index >= 15 is 0 Å². The van der Waals surface area contributed by atoms with Crippen LogP contribution in [0.4, 0.5) is 13.2 Å². The third-order valence-electron chi connectivity index (χ3n) is 3.31. The summed E-state index contributed by atoms with van der Waals surface area (Å²) in [6.45, 7) is 0.525. The maximum atomic E-state index is 12.6. The van der Waals surface area contributed by atoms with Crippen molar-refractivity contribution in [3.8, 4) is 0 Å². The highest BCUT2D eigenvalue weighted by Gasteiger charge is 2.41. The lowest BCUT2D eigenvalue weighted by Crippen LogP contribution is -2.18. The average Bonchev–Trinajstić information content (AvgIpc) is 3.00. The topological polar surface area (TPSA) is 26.0 Å². The molecule has 1 aromatic rings. The van der Waals surface area contributed by atoms with Crippen molar-refractivity contribution in [2.45, 2.75) is 25.4 Å². The van der Waals surface area contributed by atoms with Crippen molar-refractivity contribution in [1.29, 1.82) is 0 Å². The van der Waals surface area contributed by atoms with Crippen molar-refractivity contribution in [3.05, 3.63) is 34.3 Å². The molecule has 2 N–H and O–H groups in total. The minimum absolute atomic E-state index is 0.0245. The van der Waals surface area contributed by atoms with E-state index in [1.165, 1.54) is 6.07 Å². The fraction of sp³-hybridized carbons (Fsp3) is 0.500. The van der Waals surface area contributed by atoms with E-state index in [2.05, 4.69) is 0 Å². The summed E-state index contributed by atoms with van der Waals surface area (Å²) < 4.78 is 37.9. The molecule has 0 aromatic heterocycles. The van der Waals surface area contributed by atoms with Gasteiger partial charge in [-0.3, -0.25) is 0 Å². The molecular formula is C12H13ClF3N. The first-order valence-corrected chi connectivity index (χ1v) is 5.80. The zero-order valence-electron chi connectivity index (χ0n) is 9.15. The molecule has 0 aliphatic heterocycles. The van der Waals surface area contributed by atoms with Crippen LogP contribution in [-0.2, 0) is 12.6 Å². The van der Waals surface area contributed by atoms with E-state index in [-0.39, 0.29) is 10.4 Å². The van der Waals surface area contributed by atoms with Crippen molar-refractivity contribution in [3.63, 3.8) is 0 Å². The van der Waals surface area contributed by atoms with Gasteiger partial charge in [-0.1, -0.05) is 17.7 Å². The third kappa shape index (κ3) is 2.75. The molecule has 0 saturated heterocycles. The minimum Gasteiger partial charge on any atom is -0.330 e. The van der Waals surface area contributed by atoms with E-state index in [4.69, 9.17) is 17.3 Å². The molecule has 1 aliphatic rings. The van der Waals surface area contributed by atoms with Crippen molar-refractivity contribution in [1.82, 2.24) is 0 Å². The van der Waals surface area contributed by atoms with Gasteiger partial charge in [0.05, 0.1) is 10.6 Å². The monoisotopic (exact) mass is 263 g/mol. The van der Waals surface area contributed by atoms with Gasteiger partial charge < -0.3 is 5.73 Å². The molecule has 1 aliphatic carbocycles. The molecule has 17 heavy (non-hydrogen) atoms. The molecule has 0 spiro atoms. The Morgan fingerprint density at radius 1 is 1.29 bits per heavy atom. The van der Waals surface area contributed by atoms with Crippen LogP contribution in [0.2, 0.25) is 5.02 Å². The first-order valence-electron chi connectivity index (χ1n) is 5.42. The molecule has 0 unspecified atom stereocenters. The number of halogens is 4. The maximum Gasteiger partial charge on any atom is 0.417 e. The number of hydrogen-bond donors (Lipinski definition) is 1. The van der Waals surface area contributed by atoms with E-state index in [0.717, 1.165) is 18.9 Å². The number of rotatable bonds is 3. The van der Waals surface area contributed by atoms with Crippen molar-refractivity contribution in [2.24, 2.45) is 11.1 Å². The Balaban J connectivity index is 2.25. The van der Waals surface area contributed by atoms with Crippen LogP contribution in [-0.4, -0.2) is 6.54 Å². The summed E-state index contributed by atoms with van der Waals surface area (Å²) in [6.07, 6.45) is -1.81. The third-order valence-corrected chi connectivity index (χ3v) is 3.64. The first-order chi connectivity index (χ1) is 7.86. The molecule has 0 radical (unpaired) electrons. The fourth-order valence-electron chi connectivity index (χ4n) is 1.96. The van der Waals surface area contributed by atoms with E-state index in [1.54, 1.807) is 6.07 Å². The van der Waals surface area contributed by atoms with Crippen LogP contribution in [0.25, 0.3) is 0 Å². The molecule has 1 nitrogen and oxygen atoms in total. The lowest BCUT2D eigenvalue weighted by molar-refractivity contribution is -0.137. The average molecular weight is 264 g/mol. The molecule has 1 aromatic carbocycles. The molecule has 0 amide bonds. The number of nitrogens with two attached hydrogens (primary N) is 1. The Morgan fingerprint density at radius 2 is 1.94 bits per heavy atom. The van der Waals surface area contributed by atoms with Crippen molar-refractivity contribution < 1.29 is 13.2 Å². The van der Waals surface area contributed by atoms with Gasteiger partial charge in [-0.2, -0.15) is 13.2 Å². The number of alkyl halides is 3. The van der Waals surface area contributed by atoms with E-state index in [0.29, 0.717) is 18.5 Å². The molecule has 94 valence electrons. The van der Waals surface area contributed by atoms with Gasteiger partial charge in [0.1, 0.15) is 0 Å². The smallest absolute Gasteiger partial charge is 0.330 e. The number of benzene rings is 1. The van der Waals surface area contributed by atoms with Gasteiger partial charge in [-0.05, 0) is 48.9 Å². The quantitative estimate of drug-likeness (QED) is 0.885. The van der Waals surface area contributed by atoms with E-state index in [1.807, 2.05) is 0 Å². The normalized spacial score (nSPS) is 18.2. The Labute approximate surface area is 103 Å². The Kier molecular flexibility index (Phi) is 3.12. The predicted molar refractivity (Wildman–Crippen MR) is 60.9 cm³/mol. The van der Waals surface area contributed by atoms with Crippen LogP contribution < -0.4 is 5.73 Å². The fourth-order valence-corrected chi connectivity index (χ4v) is 2.19. The van der Waals surface area contributed by atoms with Gasteiger partial charge in [-0.25, -0.2) is 0 Å². The van der Waals surface area contributed by atoms with E-state index in [9.17, 15) is 13.2 Å². The SMILES string of the molecule is NCC1(Cc2ccc(Cl)c(C(F)(F)F)c2)CC1. The molecule has 1 fully saturated rings. The number of hydrogen-bond acceptors (Lipinski definition) is 1. The van der Waals surface area contributed by atoms with Crippen molar-refractivity contribution in [2.75, 3.05) is 6.54 Å². The lowest BCUT2D eigenvalue weighted by atomic mass is 9.95. The van der Waals surface area contributed by atoms with Gasteiger partial charge in [0.2, 0.25) is 0 Å². The van der Waals surface area contributed by atoms with Crippen LogP contribution in [0.15, 0.2) is 18.2 Å². The van der Waals surface area contributed by atoms with E-state index < -0.39 is 11.7 Å². The summed E-state index contributed by atoms with van der Waals surface area (Å²) >= 11 is 5.56. The van der Waals surface area contributed by atoms with Gasteiger partial charge in [0.15, 0.2) is 0 Å². The highest BCUT2D eigenvalue weighted by molar-refractivity contribution is 6.31. The van der Waals surface area contributed by atoms with Crippen LogP contribution in [0.3, 0.4) is 0 Å². The maximum absolute atomic E-state index is 12.6. The molecule has 0 atom stereocenters. The predicted octanol–water partition coefficient (Wildman–Crippen LogP) is 3.64. The van der Waals surface area contributed by atoms with Crippen LogP contribution in [0.1, 0.15) is 24.0 Å². The molecule has 5 heteroatoms. The molecule has 2 rings (SSSR count). The standard InChI is InChI=1S/C12H13ClF3N/c13-10-2-1-8(5-9(10)12(14,15)16)6-11(7-17)3-4-11/h1-2,5H,3-4,6-7,17H2. The van der Waals surface area contributed by atoms with Crippen LogP contribution in [0.5, 0.6) is 0 Å². The first kappa shape index (κ1) is 12.7. The molecular weight excluding hydrogens is 251 g/mol. The second kappa shape index (κ2) is 4.18. The van der Waals surface area contributed by atoms with Gasteiger partial charge in [0, 0.05) is 0 Å². The highest BCUT2D eigenvalue weighted by atomic mass is 35.5. The highest BCUT2D eigenvalue weighted by Crippen LogP contribution is 2.48.